The van der Waals surface area contributed by atoms with E-state index in [-0.39, 0.29) is 20.1 Å². The van der Waals surface area contributed by atoms with Crippen molar-refractivity contribution in [3.63, 3.8) is 0 Å². The largest absolute Gasteiger partial charge is 0.374 e. The van der Waals surface area contributed by atoms with Crippen LogP contribution in [-0.2, 0) is 27.2 Å². The fraction of sp³-hybridized carbons (Fsp3) is 0.304. The van der Waals surface area contributed by atoms with Crippen LogP contribution in [0.3, 0.4) is 0 Å². The van der Waals surface area contributed by atoms with Crippen molar-refractivity contribution < 1.29 is 20.1 Å². The van der Waals surface area contributed by atoms with Gasteiger partial charge in [0, 0.05) is 50.8 Å². The molecule has 0 aliphatic heterocycles. The van der Waals surface area contributed by atoms with Crippen molar-refractivity contribution in [1.29, 1.82) is 0 Å². The van der Waals surface area contributed by atoms with Gasteiger partial charge in [0.1, 0.15) is 0 Å². The molecule has 4 aromatic rings. The molecule has 0 spiro atoms. The second-order valence-electron chi connectivity index (χ2n) is 7.66. The molecule has 2 aromatic heterocycles. The first kappa shape index (κ1) is 20.5. The van der Waals surface area contributed by atoms with Crippen LogP contribution in [0.1, 0.15) is 50.7 Å². The van der Waals surface area contributed by atoms with Crippen LogP contribution in [0.2, 0.25) is 0 Å². The number of aromatic nitrogens is 4. The van der Waals surface area contributed by atoms with Gasteiger partial charge in [-0.2, -0.15) is 0 Å². The molecule has 0 N–H and O–H groups in total. The molecular formula is C23H25IrN4-. The van der Waals surface area contributed by atoms with Crippen molar-refractivity contribution in [3.05, 3.63) is 66.2 Å². The van der Waals surface area contributed by atoms with Gasteiger partial charge in [-0.1, -0.05) is 51.5 Å². The summed E-state index contributed by atoms with van der Waals surface area (Å²) in [5.41, 5.74) is 6.89. The summed E-state index contributed by atoms with van der Waals surface area (Å²) < 4.78 is 4.26. The van der Waals surface area contributed by atoms with Gasteiger partial charge in [-0.25, -0.2) is 0 Å². The third-order valence-electron chi connectivity index (χ3n) is 5.12. The first-order valence-corrected chi connectivity index (χ1v) is 9.47. The van der Waals surface area contributed by atoms with Gasteiger partial charge in [0.2, 0.25) is 0 Å². The zero-order chi connectivity index (χ0) is 19.1. The second kappa shape index (κ2) is 8.02. The van der Waals surface area contributed by atoms with Gasteiger partial charge >= 0.3 is 0 Å². The zero-order valence-corrected chi connectivity index (χ0v) is 19.3. The molecule has 2 aromatic carbocycles. The van der Waals surface area contributed by atoms with E-state index in [0.717, 1.165) is 22.4 Å². The topological polar surface area (TPSA) is 35.6 Å². The van der Waals surface area contributed by atoms with Crippen LogP contribution in [-0.4, -0.2) is 19.1 Å². The van der Waals surface area contributed by atoms with E-state index >= 15 is 0 Å². The van der Waals surface area contributed by atoms with Gasteiger partial charge in [-0.15, -0.1) is 18.2 Å². The molecular weight excluding hydrogens is 524 g/mol. The van der Waals surface area contributed by atoms with Crippen molar-refractivity contribution in [1.82, 2.24) is 19.1 Å². The first-order valence-electron chi connectivity index (χ1n) is 9.47. The normalized spacial score (nSPS) is 11.4. The molecule has 0 saturated carbocycles. The maximum absolute atomic E-state index is 4.73. The Morgan fingerprint density at radius 2 is 1.64 bits per heavy atom. The summed E-state index contributed by atoms with van der Waals surface area (Å²) in [5, 5.41) is 0. The Morgan fingerprint density at radius 1 is 0.964 bits per heavy atom. The van der Waals surface area contributed by atoms with Crippen molar-refractivity contribution in [3.8, 4) is 17.1 Å². The molecule has 147 valence electrons. The summed E-state index contributed by atoms with van der Waals surface area (Å²) in [6.45, 7) is 8.97. The third kappa shape index (κ3) is 3.34. The van der Waals surface area contributed by atoms with Gasteiger partial charge in [0.15, 0.2) is 0 Å². The Hall–Kier alpha value is -2.23. The number of aryl methyl sites for hydroxylation is 1. The Balaban J connectivity index is 0.00000225. The molecule has 2 heterocycles. The van der Waals surface area contributed by atoms with E-state index in [9.17, 15) is 0 Å². The number of rotatable bonds is 4. The summed E-state index contributed by atoms with van der Waals surface area (Å²) in [6, 6.07) is 13.9. The van der Waals surface area contributed by atoms with Crippen molar-refractivity contribution in [2.45, 2.75) is 39.5 Å². The van der Waals surface area contributed by atoms with Gasteiger partial charge in [0.25, 0.3) is 0 Å². The summed E-state index contributed by atoms with van der Waals surface area (Å²) in [6.07, 6.45) is 5.78. The predicted molar refractivity (Wildman–Crippen MR) is 110 cm³/mol. The monoisotopic (exact) mass is 550 g/mol. The molecule has 28 heavy (non-hydrogen) atoms. The number of nitrogens with zero attached hydrogens (tertiary/aromatic N) is 4. The van der Waals surface area contributed by atoms with Crippen LogP contribution in [0.4, 0.5) is 0 Å². The molecule has 0 bridgehead atoms. The molecule has 0 saturated heterocycles. The maximum Gasteiger partial charge on any atom is 0.0852 e. The molecule has 0 fully saturated rings. The van der Waals surface area contributed by atoms with Crippen LogP contribution < -0.4 is 0 Å². The predicted octanol–water partition coefficient (Wildman–Crippen LogP) is 5.47. The zero-order valence-electron chi connectivity index (χ0n) is 16.9. The SMILES string of the molecule is CC(C)c1cccc(C(C)C)c1-n1ccnc1-c1[c-]ccc2ncn(C)c12.[Ir]. The number of hydrogen-bond donors (Lipinski definition) is 0. The summed E-state index contributed by atoms with van der Waals surface area (Å²) in [7, 11) is 2.02. The van der Waals surface area contributed by atoms with Crippen LogP contribution in [0, 0.1) is 6.07 Å². The van der Waals surface area contributed by atoms with E-state index in [2.05, 4.69) is 67.7 Å². The summed E-state index contributed by atoms with van der Waals surface area (Å²) >= 11 is 0. The van der Waals surface area contributed by atoms with E-state index in [0.29, 0.717) is 11.8 Å². The smallest absolute Gasteiger partial charge is 0.0852 e. The van der Waals surface area contributed by atoms with E-state index in [1.54, 1.807) is 0 Å². The van der Waals surface area contributed by atoms with E-state index in [4.69, 9.17) is 4.98 Å². The second-order valence-corrected chi connectivity index (χ2v) is 7.66. The van der Waals surface area contributed by atoms with E-state index in [1.807, 2.05) is 36.3 Å². The quantitative estimate of drug-likeness (QED) is 0.317. The molecule has 1 radical (unpaired) electrons. The number of para-hydroxylation sites is 1. The average molecular weight is 550 g/mol. The molecule has 0 aliphatic rings. The van der Waals surface area contributed by atoms with Crippen LogP contribution >= 0.6 is 0 Å². The molecule has 0 aliphatic carbocycles. The molecule has 0 amide bonds. The summed E-state index contributed by atoms with van der Waals surface area (Å²) in [5.74, 6) is 1.75. The maximum atomic E-state index is 4.73. The van der Waals surface area contributed by atoms with Crippen LogP contribution in [0.15, 0.2) is 49.1 Å². The van der Waals surface area contributed by atoms with Crippen molar-refractivity contribution in [2.75, 3.05) is 0 Å². The fourth-order valence-corrected chi connectivity index (χ4v) is 3.78. The molecule has 4 rings (SSSR count). The minimum Gasteiger partial charge on any atom is -0.374 e. The Labute approximate surface area is 180 Å². The first-order chi connectivity index (χ1) is 13.0. The van der Waals surface area contributed by atoms with E-state index < -0.39 is 0 Å². The minimum atomic E-state index is 0. The van der Waals surface area contributed by atoms with Gasteiger partial charge in [-0.05, 0) is 28.5 Å². The third-order valence-corrected chi connectivity index (χ3v) is 5.12. The van der Waals surface area contributed by atoms with E-state index in [1.165, 1.54) is 16.8 Å². The molecule has 4 nitrogen and oxygen atoms in total. The van der Waals surface area contributed by atoms with Gasteiger partial charge < -0.3 is 9.13 Å². The van der Waals surface area contributed by atoms with Crippen LogP contribution in [0.25, 0.3) is 28.1 Å². The van der Waals surface area contributed by atoms with Crippen LogP contribution in [0.5, 0.6) is 0 Å². The van der Waals surface area contributed by atoms with Gasteiger partial charge in [-0.3, -0.25) is 9.97 Å². The Morgan fingerprint density at radius 3 is 2.29 bits per heavy atom. The number of imidazole rings is 2. The standard InChI is InChI=1S/C23H25N4.Ir/c1-15(2)17-8-6-9-18(16(3)4)21(17)27-13-12-24-23(27)19-10-7-11-20-22(19)26(5)14-25-20;/h6-9,11-16H,1-5H3;/q-1;. The average Bonchev–Trinajstić information content (AvgIpc) is 3.28. The summed E-state index contributed by atoms with van der Waals surface area (Å²) in [4.78, 5) is 9.21. The van der Waals surface area contributed by atoms with Gasteiger partial charge in [0.05, 0.1) is 12.2 Å². The molecule has 0 atom stereocenters. The van der Waals surface area contributed by atoms with Crippen molar-refractivity contribution in [2.24, 2.45) is 7.05 Å². The number of hydrogen-bond acceptors (Lipinski definition) is 2. The number of benzene rings is 2. The Kier molecular flexibility index (Phi) is 5.87. The number of fused-ring (bicyclic) bond motifs is 1. The Bertz CT molecular complexity index is 1080. The molecule has 0 unspecified atom stereocenters. The van der Waals surface area contributed by atoms with Crippen molar-refractivity contribution >= 4 is 11.0 Å². The molecule has 5 heteroatoms. The fourth-order valence-electron chi connectivity index (χ4n) is 3.78. The minimum absolute atomic E-state index is 0.